The number of thioether (sulfide) groups is 1. The molecule has 0 heterocycles. The van der Waals surface area contributed by atoms with Gasteiger partial charge in [-0.1, -0.05) is 60.1 Å². The summed E-state index contributed by atoms with van der Waals surface area (Å²) in [6.07, 6.45) is 2.11. The Hall–Kier alpha value is -1.18. The average Bonchev–Trinajstić information content (AvgIpc) is 2.38. The van der Waals surface area contributed by atoms with E-state index in [1.54, 1.807) is 11.8 Å². The Morgan fingerprint density at radius 1 is 0.941 bits per heavy atom. The maximum atomic E-state index is 6.08. The third-order valence-corrected chi connectivity index (χ3v) is 3.53. The van der Waals surface area contributed by atoms with Crippen molar-refractivity contribution in [3.05, 3.63) is 76.2 Å². The smallest absolute Gasteiger partial charge is 0.0446 e. The van der Waals surface area contributed by atoms with Crippen LogP contribution in [0.4, 0.5) is 0 Å². The van der Waals surface area contributed by atoms with Crippen molar-refractivity contribution in [2.75, 3.05) is 0 Å². The summed E-state index contributed by atoms with van der Waals surface area (Å²) in [5.41, 5.74) is 2.40. The minimum atomic E-state index is 0.841. The quantitative estimate of drug-likeness (QED) is 0.724. The average molecular weight is 261 g/mol. The van der Waals surface area contributed by atoms with Gasteiger partial charge in [0.15, 0.2) is 0 Å². The minimum Gasteiger partial charge on any atom is -0.129 e. The lowest BCUT2D eigenvalue weighted by Crippen LogP contribution is -1.79. The highest BCUT2D eigenvalue weighted by molar-refractivity contribution is 8.01. The Kier molecular flexibility index (Phi) is 4.72. The molecule has 0 aliphatic rings. The maximum absolute atomic E-state index is 6.08. The second kappa shape index (κ2) is 6.53. The van der Waals surface area contributed by atoms with Crippen LogP contribution in [0, 0.1) is 0 Å². The molecular weight excluding hydrogens is 248 g/mol. The van der Waals surface area contributed by atoms with Crippen LogP contribution in [-0.2, 0) is 5.75 Å². The van der Waals surface area contributed by atoms with E-state index in [4.69, 9.17) is 11.6 Å². The van der Waals surface area contributed by atoms with E-state index in [1.165, 1.54) is 11.1 Å². The summed E-state index contributed by atoms with van der Waals surface area (Å²) in [7, 11) is 0. The standard InChI is InChI=1S/C15H13ClS/c16-15-9-5-4-8-14(15)12-17-11-10-13-6-2-1-3-7-13/h1-11H,12H2/b11-10-. The molecule has 0 atom stereocenters. The zero-order valence-corrected chi connectivity index (χ0v) is 10.9. The third kappa shape index (κ3) is 3.95. The fourth-order valence-corrected chi connectivity index (χ4v) is 2.51. The summed E-state index contributed by atoms with van der Waals surface area (Å²) in [5, 5.41) is 2.95. The van der Waals surface area contributed by atoms with Crippen molar-refractivity contribution in [3.63, 3.8) is 0 Å². The monoisotopic (exact) mass is 260 g/mol. The van der Waals surface area contributed by atoms with Crippen molar-refractivity contribution in [1.82, 2.24) is 0 Å². The molecule has 2 aromatic carbocycles. The van der Waals surface area contributed by atoms with Crippen LogP contribution in [0.5, 0.6) is 0 Å². The van der Waals surface area contributed by atoms with Crippen LogP contribution < -0.4 is 0 Å². The summed E-state index contributed by atoms with van der Waals surface area (Å²) in [6.45, 7) is 0. The Balaban J connectivity index is 1.88. The molecule has 0 unspecified atom stereocenters. The summed E-state index contributed by atoms with van der Waals surface area (Å²) in [6, 6.07) is 18.2. The van der Waals surface area contributed by atoms with Crippen LogP contribution in [0.25, 0.3) is 6.08 Å². The number of rotatable bonds is 4. The van der Waals surface area contributed by atoms with Gasteiger partial charge in [-0.3, -0.25) is 0 Å². The molecular formula is C15H13ClS. The molecule has 0 amide bonds. The number of hydrogen-bond donors (Lipinski definition) is 0. The van der Waals surface area contributed by atoms with Crippen LogP contribution in [0.3, 0.4) is 0 Å². The van der Waals surface area contributed by atoms with E-state index in [2.05, 4.69) is 29.7 Å². The van der Waals surface area contributed by atoms with Gasteiger partial charge in [-0.25, -0.2) is 0 Å². The zero-order chi connectivity index (χ0) is 11.9. The molecule has 0 saturated heterocycles. The Morgan fingerprint density at radius 2 is 1.65 bits per heavy atom. The van der Waals surface area contributed by atoms with Gasteiger partial charge in [0.2, 0.25) is 0 Å². The molecule has 0 spiro atoms. The van der Waals surface area contributed by atoms with E-state index in [0.29, 0.717) is 0 Å². The van der Waals surface area contributed by atoms with Gasteiger partial charge in [-0.15, -0.1) is 11.8 Å². The lowest BCUT2D eigenvalue weighted by atomic mass is 10.2. The highest BCUT2D eigenvalue weighted by Gasteiger charge is 1.96. The van der Waals surface area contributed by atoms with Crippen molar-refractivity contribution in [1.29, 1.82) is 0 Å². The van der Waals surface area contributed by atoms with E-state index < -0.39 is 0 Å². The number of hydrogen-bond acceptors (Lipinski definition) is 1. The number of benzene rings is 2. The molecule has 0 aromatic heterocycles. The minimum absolute atomic E-state index is 0.841. The molecule has 0 nitrogen and oxygen atoms in total. The first-order valence-electron chi connectivity index (χ1n) is 5.43. The van der Waals surface area contributed by atoms with Gasteiger partial charge < -0.3 is 0 Å². The molecule has 0 saturated carbocycles. The predicted molar refractivity (Wildman–Crippen MR) is 78.2 cm³/mol. The molecule has 0 bridgehead atoms. The van der Waals surface area contributed by atoms with E-state index in [1.807, 2.05) is 36.4 Å². The molecule has 0 radical (unpaired) electrons. The van der Waals surface area contributed by atoms with Gasteiger partial charge in [0.1, 0.15) is 0 Å². The summed E-state index contributed by atoms with van der Waals surface area (Å²) in [5.74, 6) is 0.906. The molecule has 2 rings (SSSR count). The first-order chi connectivity index (χ1) is 8.36. The van der Waals surface area contributed by atoms with Gasteiger partial charge in [-0.2, -0.15) is 0 Å². The van der Waals surface area contributed by atoms with Gasteiger partial charge in [0, 0.05) is 10.8 Å². The van der Waals surface area contributed by atoms with Crippen LogP contribution in [0.1, 0.15) is 11.1 Å². The van der Waals surface area contributed by atoms with Gasteiger partial charge in [0.25, 0.3) is 0 Å². The Bertz CT molecular complexity index is 491. The lowest BCUT2D eigenvalue weighted by molar-refractivity contribution is 1.42. The Labute approximate surface area is 111 Å². The maximum Gasteiger partial charge on any atom is 0.0446 e. The Morgan fingerprint density at radius 3 is 2.41 bits per heavy atom. The van der Waals surface area contributed by atoms with Crippen molar-refractivity contribution in [2.24, 2.45) is 0 Å². The van der Waals surface area contributed by atoms with Crippen molar-refractivity contribution < 1.29 is 0 Å². The molecule has 0 fully saturated rings. The van der Waals surface area contributed by atoms with Crippen LogP contribution >= 0.6 is 23.4 Å². The third-order valence-electron chi connectivity index (χ3n) is 2.35. The fourth-order valence-electron chi connectivity index (χ4n) is 1.44. The van der Waals surface area contributed by atoms with Crippen LogP contribution in [0.2, 0.25) is 5.02 Å². The molecule has 2 aromatic rings. The van der Waals surface area contributed by atoms with Crippen molar-refractivity contribution >= 4 is 29.4 Å². The van der Waals surface area contributed by atoms with Crippen molar-refractivity contribution in [3.8, 4) is 0 Å². The van der Waals surface area contributed by atoms with Crippen molar-refractivity contribution in [2.45, 2.75) is 5.75 Å². The van der Waals surface area contributed by atoms with Gasteiger partial charge in [-0.05, 0) is 28.7 Å². The lowest BCUT2D eigenvalue weighted by Gasteiger charge is -2.00. The first-order valence-corrected chi connectivity index (χ1v) is 6.85. The normalized spacial score (nSPS) is 10.9. The molecule has 0 aliphatic heterocycles. The fraction of sp³-hybridized carbons (Fsp3) is 0.0667. The molecule has 0 N–H and O–H groups in total. The largest absolute Gasteiger partial charge is 0.129 e. The van der Waals surface area contributed by atoms with E-state index in [9.17, 15) is 0 Å². The van der Waals surface area contributed by atoms with E-state index in [0.717, 1.165) is 10.8 Å². The van der Waals surface area contributed by atoms with Crippen LogP contribution in [0.15, 0.2) is 60.0 Å². The summed E-state index contributed by atoms with van der Waals surface area (Å²) >= 11 is 7.83. The predicted octanol–water partition coefficient (Wildman–Crippen LogP) is 5.24. The SMILES string of the molecule is Clc1ccccc1CS/C=C\c1ccccc1. The molecule has 2 heteroatoms. The zero-order valence-electron chi connectivity index (χ0n) is 9.34. The van der Waals surface area contributed by atoms with E-state index in [-0.39, 0.29) is 0 Å². The first kappa shape index (κ1) is 12.3. The van der Waals surface area contributed by atoms with Gasteiger partial charge >= 0.3 is 0 Å². The highest BCUT2D eigenvalue weighted by Crippen LogP contribution is 2.21. The van der Waals surface area contributed by atoms with Crippen LogP contribution in [-0.4, -0.2) is 0 Å². The second-order valence-corrected chi connectivity index (χ2v) is 4.92. The van der Waals surface area contributed by atoms with E-state index >= 15 is 0 Å². The second-order valence-electron chi connectivity index (χ2n) is 3.62. The summed E-state index contributed by atoms with van der Waals surface area (Å²) in [4.78, 5) is 0. The van der Waals surface area contributed by atoms with Gasteiger partial charge in [0.05, 0.1) is 0 Å². The molecule has 17 heavy (non-hydrogen) atoms. The summed E-state index contributed by atoms with van der Waals surface area (Å²) < 4.78 is 0. The molecule has 86 valence electrons. The number of halogens is 1. The molecule has 0 aliphatic carbocycles. The topological polar surface area (TPSA) is 0 Å². The highest BCUT2D eigenvalue weighted by atomic mass is 35.5.